The number of benzene rings is 1. The second-order valence-corrected chi connectivity index (χ2v) is 5.64. The van der Waals surface area contributed by atoms with Gasteiger partial charge in [-0.2, -0.15) is 0 Å². The summed E-state index contributed by atoms with van der Waals surface area (Å²) in [4.78, 5) is 30.7. The van der Waals surface area contributed by atoms with Gasteiger partial charge in [-0.1, -0.05) is 6.07 Å². The molecule has 0 spiro atoms. The normalized spacial score (nSPS) is 15.0. The highest BCUT2D eigenvalue weighted by Crippen LogP contribution is 2.15. The molecule has 2 heterocycles. The lowest BCUT2D eigenvalue weighted by Crippen LogP contribution is -2.51. The van der Waals surface area contributed by atoms with Crippen LogP contribution in [0.5, 0.6) is 0 Å². The number of aromatic nitrogens is 1. The number of aromatic amines is 1. The lowest BCUT2D eigenvalue weighted by Gasteiger charge is -2.34. The van der Waals surface area contributed by atoms with Crippen LogP contribution < -0.4 is 0 Å². The van der Waals surface area contributed by atoms with Crippen molar-refractivity contribution in [2.45, 2.75) is 13.3 Å². The predicted octanol–water partition coefficient (Wildman–Crippen LogP) is 2.01. The van der Waals surface area contributed by atoms with E-state index in [4.69, 9.17) is 4.74 Å². The van der Waals surface area contributed by atoms with Crippen LogP contribution in [-0.2, 0) is 16.0 Å². The maximum Gasteiger partial charge on any atom is 0.409 e. The highest BCUT2D eigenvalue weighted by Gasteiger charge is 2.24. The van der Waals surface area contributed by atoms with E-state index < -0.39 is 0 Å². The van der Waals surface area contributed by atoms with E-state index in [9.17, 15) is 9.59 Å². The summed E-state index contributed by atoms with van der Waals surface area (Å²) >= 11 is 0. The first-order valence-electron chi connectivity index (χ1n) is 7.93. The Hall–Kier alpha value is -2.50. The summed E-state index contributed by atoms with van der Waals surface area (Å²) in [6.07, 6.45) is 1.99. The first kappa shape index (κ1) is 15.4. The number of hydrogen-bond acceptors (Lipinski definition) is 3. The Balaban J connectivity index is 1.56. The van der Waals surface area contributed by atoms with Gasteiger partial charge in [0.25, 0.3) is 0 Å². The molecule has 0 aliphatic carbocycles. The lowest BCUT2D eigenvalue weighted by molar-refractivity contribution is -0.132. The van der Waals surface area contributed by atoms with Crippen molar-refractivity contribution in [3.8, 4) is 0 Å². The number of H-pyrrole nitrogens is 1. The molecule has 1 fully saturated rings. The molecule has 122 valence electrons. The third-order valence-corrected chi connectivity index (χ3v) is 4.13. The molecule has 1 saturated heterocycles. The van der Waals surface area contributed by atoms with Gasteiger partial charge in [0, 0.05) is 37.9 Å². The van der Waals surface area contributed by atoms with Crippen molar-refractivity contribution in [2.75, 3.05) is 32.8 Å². The van der Waals surface area contributed by atoms with Crippen LogP contribution in [0.3, 0.4) is 0 Å². The van der Waals surface area contributed by atoms with Crippen molar-refractivity contribution in [1.82, 2.24) is 14.8 Å². The number of rotatable bonds is 3. The van der Waals surface area contributed by atoms with Crippen LogP contribution >= 0.6 is 0 Å². The van der Waals surface area contributed by atoms with Crippen molar-refractivity contribution in [3.05, 3.63) is 36.0 Å². The van der Waals surface area contributed by atoms with Crippen LogP contribution in [0.2, 0.25) is 0 Å². The number of carbonyl (C=O) groups excluding carboxylic acids is 2. The molecule has 0 bridgehead atoms. The molecule has 2 amide bonds. The third-order valence-electron chi connectivity index (χ3n) is 4.13. The fourth-order valence-electron chi connectivity index (χ4n) is 2.85. The summed E-state index contributed by atoms with van der Waals surface area (Å²) in [7, 11) is 0. The van der Waals surface area contributed by atoms with Gasteiger partial charge in [-0.15, -0.1) is 0 Å². The van der Waals surface area contributed by atoms with Crippen molar-refractivity contribution in [3.63, 3.8) is 0 Å². The van der Waals surface area contributed by atoms with Crippen molar-refractivity contribution in [1.29, 1.82) is 0 Å². The molecule has 0 unspecified atom stereocenters. The molecule has 6 nitrogen and oxygen atoms in total. The fourth-order valence-corrected chi connectivity index (χ4v) is 2.85. The predicted molar refractivity (Wildman–Crippen MR) is 87.2 cm³/mol. The molecule has 1 aliphatic rings. The molecule has 2 aromatic rings. The van der Waals surface area contributed by atoms with Crippen LogP contribution in [0.15, 0.2) is 30.5 Å². The first-order valence-corrected chi connectivity index (χ1v) is 7.93. The minimum Gasteiger partial charge on any atom is -0.450 e. The minimum absolute atomic E-state index is 0.100. The first-order chi connectivity index (χ1) is 11.2. The van der Waals surface area contributed by atoms with E-state index in [1.54, 1.807) is 11.8 Å². The van der Waals surface area contributed by atoms with Crippen LogP contribution in [-0.4, -0.2) is 59.6 Å². The van der Waals surface area contributed by atoms with Crippen LogP contribution in [0, 0.1) is 0 Å². The van der Waals surface area contributed by atoms with Gasteiger partial charge >= 0.3 is 6.09 Å². The number of nitrogens with one attached hydrogen (secondary N) is 1. The van der Waals surface area contributed by atoms with Crippen molar-refractivity contribution >= 4 is 22.9 Å². The van der Waals surface area contributed by atoms with Gasteiger partial charge in [0.05, 0.1) is 13.0 Å². The molecular weight excluding hydrogens is 294 g/mol. The molecule has 23 heavy (non-hydrogen) atoms. The van der Waals surface area contributed by atoms with Crippen LogP contribution in [0.4, 0.5) is 4.79 Å². The molecule has 1 aromatic heterocycles. The standard InChI is InChI=1S/C17H21N3O3/c1-2-23-17(22)20-9-7-19(8-10-20)16(21)12-13-3-4-15-14(11-13)5-6-18-15/h3-6,11,18H,2,7-10,12H2,1H3. The van der Waals surface area contributed by atoms with E-state index in [0.717, 1.165) is 16.5 Å². The zero-order chi connectivity index (χ0) is 16.2. The van der Waals surface area contributed by atoms with E-state index in [1.165, 1.54) is 0 Å². The summed E-state index contributed by atoms with van der Waals surface area (Å²) in [6.45, 7) is 4.34. The smallest absolute Gasteiger partial charge is 0.409 e. The highest BCUT2D eigenvalue weighted by molar-refractivity contribution is 5.83. The Bertz CT molecular complexity index is 702. The number of amides is 2. The number of ether oxygens (including phenoxy) is 1. The lowest BCUT2D eigenvalue weighted by atomic mass is 10.1. The molecule has 0 radical (unpaired) electrons. The van der Waals surface area contributed by atoms with Gasteiger partial charge in [0.2, 0.25) is 5.91 Å². The maximum atomic E-state index is 12.4. The van der Waals surface area contributed by atoms with E-state index in [-0.39, 0.29) is 12.0 Å². The van der Waals surface area contributed by atoms with Gasteiger partial charge < -0.3 is 19.5 Å². The maximum absolute atomic E-state index is 12.4. The van der Waals surface area contributed by atoms with Crippen molar-refractivity contribution in [2.24, 2.45) is 0 Å². The summed E-state index contributed by atoms with van der Waals surface area (Å²) in [5.41, 5.74) is 2.08. The SMILES string of the molecule is CCOC(=O)N1CCN(C(=O)Cc2ccc3[nH]ccc3c2)CC1. The monoisotopic (exact) mass is 315 g/mol. The molecule has 6 heteroatoms. The minimum atomic E-state index is -0.294. The second-order valence-electron chi connectivity index (χ2n) is 5.64. The third kappa shape index (κ3) is 3.47. The van der Waals surface area contributed by atoms with Crippen molar-refractivity contribution < 1.29 is 14.3 Å². The average molecular weight is 315 g/mol. The molecule has 0 atom stereocenters. The summed E-state index contributed by atoms with van der Waals surface area (Å²) in [5, 5.41) is 1.11. The Morgan fingerprint density at radius 2 is 1.87 bits per heavy atom. The van der Waals surface area contributed by atoms with Gasteiger partial charge in [-0.3, -0.25) is 4.79 Å². The number of fused-ring (bicyclic) bond motifs is 1. The average Bonchev–Trinajstić information content (AvgIpc) is 3.03. The molecule has 1 aromatic carbocycles. The second kappa shape index (κ2) is 6.73. The number of piperazine rings is 1. The molecule has 0 saturated carbocycles. The van der Waals surface area contributed by atoms with E-state index in [0.29, 0.717) is 39.2 Å². The Morgan fingerprint density at radius 1 is 1.13 bits per heavy atom. The topological polar surface area (TPSA) is 65.6 Å². The Morgan fingerprint density at radius 3 is 2.61 bits per heavy atom. The summed E-state index contributed by atoms with van der Waals surface area (Å²) in [5.74, 6) is 0.100. The largest absolute Gasteiger partial charge is 0.450 e. The van der Waals surface area contributed by atoms with E-state index in [1.807, 2.05) is 35.4 Å². The quantitative estimate of drug-likeness (QED) is 0.942. The number of carbonyl (C=O) groups is 2. The van der Waals surface area contributed by atoms with Gasteiger partial charge in [0.15, 0.2) is 0 Å². The van der Waals surface area contributed by atoms with Gasteiger partial charge in [0.1, 0.15) is 0 Å². The fraction of sp³-hybridized carbons (Fsp3) is 0.412. The van der Waals surface area contributed by atoms with Gasteiger partial charge in [-0.05, 0) is 36.1 Å². The zero-order valence-electron chi connectivity index (χ0n) is 13.2. The number of nitrogens with zero attached hydrogens (tertiary/aromatic N) is 2. The van der Waals surface area contributed by atoms with Crippen LogP contribution in [0.1, 0.15) is 12.5 Å². The molecule has 3 rings (SSSR count). The van der Waals surface area contributed by atoms with Gasteiger partial charge in [-0.25, -0.2) is 4.79 Å². The Kier molecular flexibility index (Phi) is 4.50. The van der Waals surface area contributed by atoms with E-state index >= 15 is 0 Å². The highest BCUT2D eigenvalue weighted by atomic mass is 16.6. The molecular formula is C17H21N3O3. The Labute approximate surface area is 135 Å². The van der Waals surface area contributed by atoms with E-state index in [2.05, 4.69) is 4.98 Å². The summed E-state index contributed by atoms with van der Waals surface area (Å²) < 4.78 is 4.99. The summed E-state index contributed by atoms with van der Waals surface area (Å²) in [6, 6.07) is 8.02. The molecule has 1 N–H and O–H groups in total. The number of hydrogen-bond donors (Lipinski definition) is 1. The molecule has 1 aliphatic heterocycles. The zero-order valence-corrected chi connectivity index (χ0v) is 13.2. The van der Waals surface area contributed by atoms with Crippen LogP contribution in [0.25, 0.3) is 10.9 Å².